The monoisotopic (exact) mass is 189 g/mol. The number of hydrogen-bond acceptors (Lipinski definition) is 2. The first-order chi connectivity index (χ1) is 6.81. The highest BCUT2D eigenvalue weighted by atomic mass is 16.5. The van der Waals surface area contributed by atoms with Crippen LogP contribution in [0.15, 0.2) is 35.1 Å². The lowest BCUT2D eigenvalue weighted by molar-refractivity contribution is 0.186. The van der Waals surface area contributed by atoms with Gasteiger partial charge in [-0.1, -0.05) is 18.2 Å². The van der Waals surface area contributed by atoms with Crippen molar-refractivity contribution in [3.63, 3.8) is 0 Å². The molecular weight excluding hydrogens is 178 g/mol. The van der Waals surface area contributed by atoms with Gasteiger partial charge in [0, 0.05) is 24.1 Å². The number of aromatic amines is 1. The van der Waals surface area contributed by atoms with Crippen LogP contribution < -0.4 is 5.56 Å². The van der Waals surface area contributed by atoms with Gasteiger partial charge in [0.2, 0.25) is 5.56 Å². The van der Waals surface area contributed by atoms with Crippen molar-refractivity contribution < 1.29 is 4.74 Å². The van der Waals surface area contributed by atoms with E-state index in [9.17, 15) is 4.79 Å². The van der Waals surface area contributed by atoms with Crippen molar-refractivity contribution in [1.29, 1.82) is 0 Å². The fourth-order valence-electron chi connectivity index (χ4n) is 1.55. The summed E-state index contributed by atoms with van der Waals surface area (Å²) in [7, 11) is 1.62. The molecule has 1 aromatic carbocycles. The van der Waals surface area contributed by atoms with Crippen molar-refractivity contribution in [3.8, 4) is 0 Å². The van der Waals surface area contributed by atoms with Crippen molar-refractivity contribution in [2.45, 2.75) is 6.61 Å². The molecule has 72 valence electrons. The van der Waals surface area contributed by atoms with Crippen molar-refractivity contribution in [2.75, 3.05) is 7.11 Å². The van der Waals surface area contributed by atoms with Crippen molar-refractivity contribution in [1.82, 2.24) is 4.98 Å². The Bertz CT molecular complexity index is 502. The summed E-state index contributed by atoms with van der Waals surface area (Å²) < 4.78 is 5.04. The molecule has 0 bridgehead atoms. The molecule has 0 unspecified atom stereocenters. The van der Waals surface area contributed by atoms with E-state index in [1.54, 1.807) is 13.2 Å². The van der Waals surface area contributed by atoms with Gasteiger partial charge in [0.15, 0.2) is 0 Å². The SMILES string of the molecule is COCc1cc(=O)[nH]c2ccccc12. The fraction of sp³-hybridized carbons (Fsp3) is 0.182. The molecule has 14 heavy (non-hydrogen) atoms. The number of rotatable bonds is 2. The number of aromatic nitrogens is 1. The summed E-state index contributed by atoms with van der Waals surface area (Å²) in [5.41, 5.74) is 1.69. The van der Waals surface area contributed by atoms with Crippen LogP contribution in [0.2, 0.25) is 0 Å². The zero-order valence-electron chi connectivity index (χ0n) is 7.91. The molecule has 1 N–H and O–H groups in total. The van der Waals surface area contributed by atoms with E-state index in [0.717, 1.165) is 16.5 Å². The van der Waals surface area contributed by atoms with Gasteiger partial charge in [-0.05, 0) is 11.6 Å². The summed E-state index contributed by atoms with van der Waals surface area (Å²) >= 11 is 0. The van der Waals surface area contributed by atoms with E-state index in [1.165, 1.54) is 0 Å². The van der Waals surface area contributed by atoms with Crippen LogP contribution in [0, 0.1) is 0 Å². The zero-order valence-corrected chi connectivity index (χ0v) is 7.91. The van der Waals surface area contributed by atoms with Crippen LogP contribution in [0.5, 0.6) is 0 Å². The number of pyridine rings is 1. The first-order valence-electron chi connectivity index (χ1n) is 4.41. The molecule has 0 aliphatic carbocycles. The molecule has 1 aromatic heterocycles. The molecule has 0 spiro atoms. The van der Waals surface area contributed by atoms with Gasteiger partial charge in [-0.25, -0.2) is 0 Å². The largest absolute Gasteiger partial charge is 0.380 e. The van der Waals surface area contributed by atoms with E-state index in [1.807, 2.05) is 24.3 Å². The highest BCUT2D eigenvalue weighted by Crippen LogP contribution is 2.14. The Kier molecular flexibility index (Phi) is 2.33. The summed E-state index contributed by atoms with van der Waals surface area (Å²) in [5, 5.41) is 1.04. The molecule has 0 saturated carbocycles. The van der Waals surface area contributed by atoms with Crippen LogP contribution >= 0.6 is 0 Å². The summed E-state index contributed by atoms with van der Waals surface area (Å²) in [5.74, 6) is 0. The standard InChI is InChI=1S/C11H11NO2/c1-14-7-8-6-11(13)12-10-5-3-2-4-9(8)10/h2-6H,7H2,1H3,(H,12,13). The maximum atomic E-state index is 11.3. The predicted molar refractivity (Wildman–Crippen MR) is 55.3 cm³/mol. The highest BCUT2D eigenvalue weighted by Gasteiger charge is 2.01. The molecule has 3 nitrogen and oxygen atoms in total. The second-order valence-electron chi connectivity index (χ2n) is 3.14. The number of fused-ring (bicyclic) bond motifs is 1. The van der Waals surface area contributed by atoms with Gasteiger partial charge >= 0.3 is 0 Å². The van der Waals surface area contributed by atoms with Crippen molar-refractivity contribution in [2.24, 2.45) is 0 Å². The molecule has 0 amide bonds. The number of hydrogen-bond donors (Lipinski definition) is 1. The maximum Gasteiger partial charge on any atom is 0.248 e. The predicted octanol–water partition coefficient (Wildman–Crippen LogP) is 1.67. The number of nitrogens with one attached hydrogen (secondary N) is 1. The molecule has 2 rings (SSSR count). The Hall–Kier alpha value is -1.61. The van der Waals surface area contributed by atoms with Gasteiger partial charge in [0.05, 0.1) is 6.61 Å². The smallest absolute Gasteiger partial charge is 0.248 e. The van der Waals surface area contributed by atoms with E-state index in [-0.39, 0.29) is 5.56 Å². The molecule has 0 radical (unpaired) electrons. The minimum absolute atomic E-state index is 0.0873. The van der Waals surface area contributed by atoms with E-state index in [4.69, 9.17) is 4.74 Å². The number of H-pyrrole nitrogens is 1. The molecule has 0 fully saturated rings. The third-order valence-electron chi connectivity index (χ3n) is 2.14. The Labute approximate surface area is 81.3 Å². The second-order valence-corrected chi connectivity index (χ2v) is 3.14. The van der Waals surface area contributed by atoms with Crippen molar-refractivity contribution in [3.05, 3.63) is 46.2 Å². The van der Waals surface area contributed by atoms with Gasteiger partial charge in [0.1, 0.15) is 0 Å². The Morgan fingerprint density at radius 1 is 1.36 bits per heavy atom. The quantitative estimate of drug-likeness (QED) is 0.780. The summed E-state index contributed by atoms with van der Waals surface area (Å²) in [6, 6.07) is 9.27. The first-order valence-corrected chi connectivity index (χ1v) is 4.41. The Morgan fingerprint density at radius 3 is 2.93 bits per heavy atom. The highest BCUT2D eigenvalue weighted by molar-refractivity contribution is 5.81. The third kappa shape index (κ3) is 1.54. The molecular formula is C11H11NO2. The lowest BCUT2D eigenvalue weighted by atomic mass is 10.1. The van der Waals surface area contributed by atoms with Crippen LogP contribution in [-0.4, -0.2) is 12.1 Å². The lowest BCUT2D eigenvalue weighted by Gasteiger charge is -2.04. The average Bonchev–Trinajstić information content (AvgIpc) is 2.18. The average molecular weight is 189 g/mol. The molecule has 0 aliphatic rings. The normalized spacial score (nSPS) is 10.6. The van der Waals surface area contributed by atoms with Crippen molar-refractivity contribution >= 4 is 10.9 Å². The fourth-order valence-corrected chi connectivity index (χ4v) is 1.55. The topological polar surface area (TPSA) is 42.1 Å². The summed E-state index contributed by atoms with van der Waals surface area (Å²) in [6.45, 7) is 0.463. The van der Waals surface area contributed by atoms with Gasteiger partial charge < -0.3 is 9.72 Å². The van der Waals surface area contributed by atoms with Crippen LogP contribution in [0.3, 0.4) is 0 Å². The van der Waals surface area contributed by atoms with Crippen LogP contribution in [0.4, 0.5) is 0 Å². The third-order valence-corrected chi connectivity index (χ3v) is 2.14. The van der Waals surface area contributed by atoms with E-state index >= 15 is 0 Å². The molecule has 3 heteroatoms. The van der Waals surface area contributed by atoms with E-state index in [0.29, 0.717) is 6.61 Å². The number of benzene rings is 1. The Balaban J connectivity index is 2.73. The van der Waals surface area contributed by atoms with E-state index in [2.05, 4.69) is 4.98 Å². The van der Waals surface area contributed by atoms with Gasteiger partial charge in [-0.15, -0.1) is 0 Å². The van der Waals surface area contributed by atoms with Crippen LogP contribution in [0.1, 0.15) is 5.56 Å². The number of para-hydroxylation sites is 1. The Morgan fingerprint density at radius 2 is 2.14 bits per heavy atom. The molecule has 0 saturated heterocycles. The molecule has 0 aliphatic heterocycles. The maximum absolute atomic E-state index is 11.3. The van der Waals surface area contributed by atoms with Gasteiger partial charge in [-0.2, -0.15) is 0 Å². The number of methoxy groups -OCH3 is 1. The minimum Gasteiger partial charge on any atom is -0.380 e. The molecule has 0 atom stereocenters. The first kappa shape index (κ1) is 8.97. The lowest BCUT2D eigenvalue weighted by Crippen LogP contribution is -2.06. The van der Waals surface area contributed by atoms with Gasteiger partial charge in [0.25, 0.3) is 0 Å². The minimum atomic E-state index is -0.0873. The number of ether oxygens (including phenoxy) is 1. The second kappa shape index (κ2) is 3.64. The summed E-state index contributed by atoms with van der Waals surface area (Å²) in [6.07, 6.45) is 0. The zero-order chi connectivity index (χ0) is 9.97. The van der Waals surface area contributed by atoms with E-state index < -0.39 is 0 Å². The van der Waals surface area contributed by atoms with Crippen LogP contribution in [0.25, 0.3) is 10.9 Å². The van der Waals surface area contributed by atoms with Gasteiger partial charge in [-0.3, -0.25) is 4.79 Å². The summed E-state index contributed by atoms with van der Waals surface area (Å²) in [4.78, 5) is 14.0. The van der Waals surface area contributed by atoms with Crippen LogP contribution in [-0.2, 0) is 11.3 Å². The molecule has 1 heterocycles. The molecule has 2 aromatic rings.